The van der Waals surface area contributed by atoms with Crippen LogP contribution < -0.4 is 5.73 Å². The summed E-state index contributed by atoms with van der Waals surface area (Å²) in [5, 5.41) is 0. The third-order valence-electron chi connectivity index (χ3n) is 12.2. The van der Waals surface area contributed by atoms with Gasteiger partial charge in [-0.05, 0) is 70.6 Å². The molecular formula is C56H106NO8P. The normalized spacial score (nSPS) is 13.3. The van der Waals surface area contributed by atoms with Crippen LogP contribution in [0.25, 0.3) is 0 Å². The maximum atomic E-state index is 12.7. The van der Waals surface area contributed by atoms with Gasteiger partial charge in [-0.15, -0.1) is 0 Å². The van der Waals surface area contributed by atoms with Crippen molar-refractivity contribution in [3.63, 3.8) is 0 Å². The topological polar surface area (TPSA) is 134 Å². The quantitative estimate of drug-likeness (QED) is 0.0264. The molecule has 0 aromatic rings. The van der Waals surface area contributed by atoms with Gasteiger partial charge in [0.25, 0.3) is 0 Å². The van der Waals surface area contributed by atoms with Crippen molar-refractivity contribution in [1.29, 1.82) is 0 Å². The van der Waals surface area contributed by atoms with E-state index in [-0.39, 0.29) is 38.6 Å². The Morgan fingerprint density at radius 3 is 1.17 bits per heavy atom. The number of phosphoric acid groups is 1. The summed E-state index contributed by atoms with van der Waals surface area (Å²) in [7, 11) is -4.38. The van der Waals surface area contributed by atoms with Crippen molar-refractivity contribution in [2.45, 2.75) is 283 Å². The monoisotopic (exact) mass is 952 g/mol. The van der Waals surface area contributed by atoms with Crippen LogP contribution in [0.2, 0.25) is 0 Å². The Balaban J connectivity index is 3.96. The highest BCUT2D eigenvalue weighted by Crippen LogP contribution is 2.43. The summed E-state index contributed by atoms with van der Waals surface area (Å²) in [4.78, 5) is 35.1. The van der Waals surface area contributed by atoms with Gasteiger partial charge in [0.1, 0.15) is 6.61 Å². The molecule has 0 aliphatic rings. The molecule has 10 heteroatoms. The molecule has 0 saturated carbocycles. The van der Waals surface area contributed by atoms with Crippen molar-refractivity contribution in [3.05, 3.63) is 36.5 Å². The van der Waals surface area contributed by atoms with E-state index in [1.807, 2.05) is 0 Å². The first kappa shape index (κ1) is 64.2. The number of phosphoric ester groups is 1. The zero-order valence-electron chi connectivity index (χ0n) is 43.2. The lowest BCUT2D eigenvalue weighted by molar-refractivity contribution is -0.161. The molecule has 0 saturated heterocycles. The van der Waals surface area contributed by atoms with Crippen molar-refractivity contribution in [2.75, 3.05) is 26.4 Å². The maximum absolute atomic E-state index is 12.7. The Bertz CT molecular complexity index is 1180. The fourth-order valence-corrected chi connectivity index (χ4v) is 8.84. The lowest BCUT2D eigenvalue weighted by Crippen LogP contribution is -2.29. The van der Waals surface area contributed by atoms with Gasteiger partial charge >= 0.3 is 19.8 Å². The van der Waals surface area contributed by atoms with Crippen LogP contribution in [-0.2, 0) is 32.7 Å². The van der Waals surface area contributed by atoms with Gasteiger partial charge in [-0.2, -0.15) is 0 Å². The zero-order chi connectivity index (χ0) is 48.1. The summed E-state index contributed by atoms with van der Waals surface area (Å²) < 4.78 is 33.0. The smallest absolute Gasteiger partial charge is 0.462 e. The zero-order valence-corrected chi connectivity index (χ0v) is 44.1. The molecule has 66 heavy (non-hydrogen) atoms. The van der Waals surface area contributed by atoms with E-state index < -0.39 is 26.5 Å². The lowest BCUT2D eigenvalue weighted by Gasteiger charge is -2.19. The van der Waals surface area contributed by atoms with Gasteiger partial charge in [-0.25, -0.2) is 4.57 Å². The van der Waals surface area contributed by atoms with Crippen molar-refractivity contribution in [3.8, 4) is 0 Å². The van der Waals surface area contributed by atoms with Gasteiger partial charge in [0.2, 0.25) is 0 Å². The van der Waals surface area contributed by atoms with Crippen LogP contribution in [0.5, 0.6) is 0 Å². The van der Waals surface area contributed by atoms with E-state index in [0.29, 0.717) is 6.42 Å². The SMILES string of the molecule is CCCCCCC/C=C\C/C=C\CCCCCCCCCCCCCCCCCC(=O)OC(COC(=O)CCCCCCCCC/C=C\CCCCCCCCC)COP(=O)(O)OCCN. The molecule has 0 bridgehead atoms. The third-order valence-corrected chi connectivity index (χ3v) is 13.2. The van der Waals surface area contributed by atoms with Crippen LogP contribution in [0, 0.1) is 0 Å². The fourth-order valence-electron chi connectivity index (χ4n) is 8.07. The van der Waals surface area contributed by atoms with Crippen LogP contribution >= 0.6 is 7.82 Å². The molecule has 3 N–H and O–H groups in total. The molecule has 0 amide bonds. The molecule has 0 spiro atoms. The number of rotatable bonds is 53. The summed E-state index contributed by atoms with van der Waals surface area (Å²) in [6.07, 6.45) is 61.9. The van der Waals surface area contributed by atoms with Gasteiger partial charge in [0.05, 0.1) is 13.2 Å². The molecular weight excluding hydrogens is 846 g/mol. The van der Waals surface area contributed by atoms with E-state index in [1.54, 1.807) is 0 Å². The molecule has 2 unspecified atom stereocenters. The fraction of sp³-hybridized carbons (Fsp3) is 0.857. The number of hydrogen-bond acceptors (Lipinski definition) is 8. The van der Waals surface area contributed by atoms with E-state index in [1.165, 1.54) is 199 Å². The number of hydrogen-bond donors (Lipinski definition) is 2. The minimum atomic E-state index is -4.38. The van der Waals surface area contributed by atoms with Crippen LogP contribution in [0.3, 0.4) is 0 Å². The summed E-state index contributed by atoms with van der Waals surface area (Å²) >= 11 is 0. The second kappa shape index (κ2) is 52.6. The molecule has 0 radical (unpaired) electrons. The highest BCUT2D eigenvalue weighted by Gasteiger charge is 2.26. The number of ether oxygens (including phenoxy) is 2. The molecule has 388 valence electrons. The summed E-state index contributed by atoms with van der Waals surface area (Å²) in [6.45, 7) is 3.76. The van der Waals surface area contributed by atoms with Crippen LogP contribution in [0.4, 0.5) is 0 Å². The van der Waals surface area contributed by atoms with E-state index in [0.717, 1.165) is 44.9 Å². The Morgan fingerprint density at radius 2 is 0.788 bits per heavy atom. The third kappa shape index (κ3) is 51.6. The molecule has 0 fully saturated rings. The standard InChI is InChI=1S/C56H106NO8P/c1-3-5-7-9-11-13-15-17-19-21-23-24-25-26-27-28-29-30-31-33-35-37-39-41-43-45-47-49-56(59)65-54(53-64-66(60,61)63-51-50-57)52-62-55(58)48-46-44-42-40-38-36-34-32-22-20-18-16-14-12-10-8-6-4-2/h15,17,20-23,54H,3-14,16,18-19,24-53,57H2,1-2H3,(H,60,61)/b17-15-,22-20-,23-21-. The Kier molecular flexibility index (Phi) is 51.2. The van der Waals surface area contributed by atoms with Crippen molar-refractivity contribution < 1.29 is 37.6 Å². The number of unbranched alkanes of at least 4 members (excludes halogenated alkanes) is 34. The van der Waals surface area contributed by atoms with Crippen LogP contribution in [0.15, 0.2) is 36.5 Å². The highest BCUT2D eigenvalue weighted by molar-refractivity contribution is 7.47. The first-order chi connectivity index (χ1) is 32.3. The van der Waals surface area contributed by atoms with Gasteiger partial charge < -0.3 is 20.1 Å². The van der Waals surface area contributed by atoms with Crippen molar-refractivity contribution in [2.24, 2.45) is 5.73 Å². The highest BCUT2D eigenvalue weighted by atomic mass is 31.2. The van der Waals surface area contributed by atoms with Crippen molar-refractivity contribution >= 4 is 19.8 Å². The summed E-state index contributed by atoms with van der Waals surface area (Å²) in [5.74, 6) is -0.822. The minimum Gasteiger partial charge on any atom is -0.462 e. The largest absolute Gasteiger partial charge is 0.472 e. The molecule has 0 aromatic heterocycles. The molecule has 0 aromatic carbocycles. The number of allylic oxidation sites excluding steroid dienone is 6. The molecule has 0 heterocycles. The predicted molar refractivity (Wildman–Crippen MR) is 280 cm³/mol. The summed E-state index contributed by atoms with van der Waals surface area (Å²) in [6, 6.07) is 0. The van der Waals surface area contributed by atoms with Crippen LogP contribution in [-0.4, -0.2) is 49.3 Å². The van der Waals surface area contributed by atoms with Gasteiger partial charge in [0.15, 0.2) is 6.10 Å². The Hall–Kier alpha value is -1.77. The van der Waals surface area contributed by atoms with Gasteiger partial charge in [-0.1, -0.05) is 230 Å². The number of carbonyl (C=O) groups excluding carboxylic acids is 2. The van der Waals surface area contributed by atoms with Crippen LogP contribution in [0.1, 0.15) is 277 Å². The molecule has 0 aliphatic carbocycles. The van der Waals surface area contributed by atoms with E-state index in [2.05, 4.69) is 50.3 Å². The van der Waals surface area contributed by atoms with E-state index >= 15 is 0 Å². The van der Waals surface area contributed by atoms with Gasteiger partial charge in [0, 0.05) is 19.4 Å². The average molecular weight is 952 g/mol. The molecule has 9 nitrogen and oxygen atoms in total. The Labute approximate surface area is 407 Å². The first-order valence-corrected chi connectivity index (χ1v) is 29.5. The molecule has 0 rings (SSSR count). The predicted octanol–water partition coefficient (Wildman–Crippen LogP) is 17.2. The molecule has 2 atom stereocenters. The second-order valence-electron chi connectivity index (χ2n) is 18.8. The Morgan fingerprint density at radius 1 is 0.455 bits per heavy atom. The van der Waals surface area contributed by atoms with Gasteiger partial charge in [-0.3, -0.25) is 18.6 Å². The maximum Gasteiger partial charge on any atom is 0.472 e. The number of esters is 2. The lowest BCUT2D eigenvalue weighted by atomic mass is 10.0. The number of nitrogens with two attached hydrogens (primary N) is 1. The number of carbonyl (C=O) groups is 2. The minimum absolute atomic E-state index is 0.0538. The van der Waals surface area contributed by atoms with Crippen molar-refractivity contribution in [1.82, 2.24) is 0 Å². The second-order valence-corrected chi connectivity index (χ2v) is 20.3. The van der Waals surface area contributed by atoms with E-state index in [9.17, 15) is 19.0 Å². The van der Waals surface area contributed by atoms with E-state index in [4.69, 9.17) is 24.3 Å². The first-order valence-electron chi connectivity index (χ1n) is 28.0. The molecule has 0 aliphatic heterocycles. The summed E-state index contributed by atoms with van der Waals surface area (Å²) in [5.41, 5.74) is 5.38. The average Bonchev–Trinajstić information content (AvgIpc) is 3.31.